The van der Waals surface area contributed by atoms with Gasteiger partial charge in [0.25, 0.3) is 5.56 Å². The fourth-order valence-electron chi connectivity index (χ4n) is 2.35. The van der Waals surface area contributed by atoms with Crippen LogP contribution in [0.25, 0.3) is 5.65 Å². The molecule has 5 heteroatoms. The van der Waals surface area contributed by atoms with Gasteiger partial charge in [0.1, 0.15) is 17.5 Å². The third-order valence-electron chi connectivity index (χ3n) is 3.48. The number of aromatic amines is 1. The number of benzene rings is 1. The van der Waals surface area contributed by atoms with Crippen LogP contribution in [0.2, 0.25) is 0 Å². The number of hydrogen-bond acceptors (Lipinski definition) is 3. The van der Waals surface area contributed by atoms with E-state index in [1.54, 1.807) is 13.0 Å². The van der Waals surface area contributed by atoms with Gasteiger partial charge in [-0.15, -0.1) is 0 Å². The van der Waals surface area contributed by atoms with Crippen molar-refractivity contribution in [3.8, 4) is 6.07 Å². The Labute approximate surface area is 121 Å². The number of aryl methyl sites for hydroxylation is 3. The number of nitrogens with zero attached hydrogens (tertiary/aromatic N) is 3. The number of fused-ring (bicyclic) bond motifs is 1. The minimum Gasteiger partial charge on any atom is -0.276 e. The smallest absolute Gasteiger partial charge is 0.276 e. The lowest BCUT2D eigenvalue weighted by molar-refractivity contribution is 0.821. The summed E-state index contributed by atoms with van der Waals surface area (Å²) in [5, 5.41) is 12.0. The fraction of sp³-hybridized carbons (Fsp3) is 0.188. The number of aromatic nitrogens is 3. The average molecular weight is 278 g/mol. The van der Waals surface area contributed by atoms with Crippen LogP contribution >= 0.6 is 0 Å². The van der Waals surface area contributed by atoms with Crippen molar-refractivity contribution in [1.29, 1.82) is 5.26 Å². The van der Waals surface area contributed by atoms with Gasteiger partial charge in [0.2, 0.25) is 0 Å². The van der Waals surface area contributed by atoms with E-state index in [1.165, 1.54) is 10.1 Å². The summed E-state index contributed by atoms with van der Waals surface area (Å²) >= 11 is 0. The second-order valence-electron chi connectivity index (χ2n) is 4.97. The molecule has 2 heterocycles. The Morgan fingerprint density at radius 3 is 2.76 bits per heavy atom. The lowest BCUT2D eigenvalue weighted by Gasteiger charge is -1.97. The molecule has 104 valence electrons. The molecule has 0 unspecified atom stereocenters. The van der Waals surface area contributed by atoms with Crippen LogP contribution in [-0.4, -0.2) is 14.6 Å². The van der Waals surface area contributed by atoms with Crippen LogP contribution in [-0.2, 0) is 12.8 Å². The fourth-order valence-corrected chi connectivity index (χ4v) is 2.35. The molecule has 0 aliphatic carbocycles. The van der Waals surface area contributed by atoms with Crippen molar-refractivity contribution in [3.63, 3.8) is 0 Å². The molecule has 0 aliphatic heterocycles. The second-order valence-corrected chi connectivity index (χ2v) is 4.97. The number of nitriles is 1. The van der Waals surface area contributed by atoms with Crippen LogP contribution in [0.4, 0.5) is 0 Å². The van der Waals surface area contributed by atoms with Gasteiger partial charge in [0.15, 0.2) is 5.65 Å². The maximum absolute atomic E-state index is 12.1. The maximum atomic E-state index is 12.1. The molecule has 0 spiro atoms. The molecule has 0 bridgehead atoms. The van der Waals surface area contributed by atoms with Gasteiger partial charge in [-0.2, -0.15) is 9.78 Å². The van der Waals surface area contributed by atoms with E-state index >= 15 is 0 Å². The molecular weight excluding hydrogens is 264 g/mol. The van der Waals surface area contributed by atoms with Gasteiger partial charge < -0.3 is 0 Å². The van der Waals surface area contributed by atoms with Gasteiger partial charge >= 0.3 is 0 Å². The molecule has 5 nitrogen and oxygen atoms in total. The summed E-state index contributed by atoms with van der Waals surface area (Å²) in [6.45, 7) is 1.75. The van der Waals surface area contributed by atoms with Crippen LogP contribution in [0, 0.1) is 18.3 Å². The summed E-state index contributed by atoms with van der Waals surface area (Å²) in [4.78, 5) is 16.6. The predicted molar refractivity (Wildman–Crippen MR) is 79.1 cm³/mol. The van der Waals surface area contributed by atoms with Crippen LogP contribution < -0.4 is 5.56 Å². The summed E-state index contributed by atoms with van der Waals surface area (Å²) in [7, 11) is 0. The quantitative estimate of drug-likeness (QED) is 0.796. The first-order valence-electron chi connectivity index (χ1n) is 6.74. The summed E-state index contributed by atoms with van der Waals surface area (Å²) in [6.07, 6.45) is 1.56. The van der Waals surface area contributed by atoms with E-state index in [-0.39, 0.29) is 11.1 Å². The normalized spacial score (nSPS) is 10.7. The lowest BCUT2D eigenvalue weighted by atomic mass is 10.1. The summed E-state index contributed by atoms with van der Waals surface area (Å²) in [5.41, 5.74) is 2.25. The van der Waals surface area contributed by atoms with Crippen molar-refractivity contribution in [2.45, 2.75) is 19.8 Å². The van der Waals surface area contributed by atoms with Gasteiger partial charge in [-0.3, -0.25) is 9.89 Å². The molecule has 1 aromatic carbocycles. The van der Waals surface area contributed by atoms with Crippen LogP contribution in [0.15, 0.2) is 41.2 Å². The monoisotopic (exact) mass is 278 g/mol. The minimum atomic E-state index is -0.342. The Bertz CT molecular complexity index is 884. The maximum Gasteiger partial charge on any atom is 0.289 e. The number of hydrogen-bond donors (Lipinski definition) is 1. The number of rotatable bonds is 3. The SMILES string of the molecule is Cc1cc2nc(CCc3ccccc3)[nH]n2c(=O)c1C#N. The van der Waals surface area contributed by atoms with Gasteiger partial charge in [-0.25, -0.2) is 4.98 Å². The highest BCUT2D eigenvalue weighted by Crippen LogP contribution is 2.08. The first kappa shape index (κ1) is 13.1. The van der Waals surface area contributed by atoms with E-state index in [0.29, 0.717) is 17.6 Å². The summed E-state index contributed by atoms with van der Waals surface area (Å²) in [5.74, 6) is 0.741. The molecule has 0 fully saturated rings. The molecule has 0 amide bonds. The van der Waals surface area contributed by atoms with E-state index in [9.17, 15) is 4.79 Å². The number of H-pyrrole nitrogens is 1. The van der Waals surface area contributed by atoms with E-state index < -0.39 is 0 Å². The Hall–Kier alpha value is -2.87. The first-order chi connectivity index (χ1) is 10.2. The molecule has 0 atom stereocenters. The Morgan fingerprint density at radius 2 is 2.05 bits per heavy atom. The zero-order valence-electron chi connectivity index (χ0n) is 11.6. The van der Waals surface area contributed by atoms with Crippen molar-refractivity contribution in [2.24, 2.45) is 0 Å². The average Bonchev–Trinajstić information content (AvgIpc) is 2.90. The Morgan fingerprint density at radius 1 is 1.29 bits per heavy atom. The summed E-state index contributed by atoms with van der Waals surface area (Å²) in [6, 6.07) is 13.8. The van der Waals surface area contributed by atoms with Gasteiger partial charge in [0, 0.05) is 6.42 Å². The Balaban J connectivity index is 1.93. The second kappa shape index (κ2) is 5.25. The molecule has 0 saturated carbocycles. The molecule has 0 radical (unpaired) electrons. The molecule has 21 heavy (non-hydrogen) atoms. The highest BCUT2D eigenvalue weighted by molar-refractivity contribution is 5.47. The highest BCUT2D eigenvalue weighted by Gasteiger charge is 2.11. The predicted octanol–water partition coefficient (Wildman–Crippen LogP) is 1.99. The van der Waals surface area contributed by atoms with Gasteiger partial charge in [-0.1, -0.05) is 30.3 Å². The Kier molecular flexibility index (Phi) is 3.28. The minimum absolute atomic E-state index is 0.158. The third-order valence-corrected chi connectivity index (χ3v) is 3.48. The largest absolute Gasteiger partial charge is 0.289 e. The van der Waals surface area contributed by atoms with Crippen LogP contribution in [0.1, 0.15) is 22.5 Å². The van der Waals surface area contributed by atoms with Gasteiger partial charge in [-0.05, 0) is 30.5 Å². The van der Waals surface area contributed by atoms with Crippen LogP contribution in [0.5, 0.6) is 0 Å². The third kappa shape index (κ3) is 2.43. The topological polar surface area (TPSA) is 74.0 Å². The first-order valence-corrected chi connectivity index (χ1v) is 6.74. The molecule has 2 aromatic heterocycles. The zero-order valence-corrected chi connectivity index (χ0v) is 11.6. The molecule has 0 saturated heterocycles. The number of pyridine rings is 1. The lowest BCUT2D eigenvalue weighted by Crippen LogP contribution is -2.18. The van der Waals surface area contributed by atoms with E-state index in [4.69, 9.17) is 5.26 Å². The highest BCUT2D eigenvalue weighted by atomic mass is 16.1. The van der Waals surface area contributed by atoms with Crippen molar-refractivity contribution in [1.82, 2.24) is 14.6 Å². The standard InChI is InChI=1S/C16H14N4O/c1-11-9-15-18-14(8-7-12-5-3-2-4-6-12)19-20(15)16(21)13(11)10-17/h2-6,9H,7-8H2,1H3,(H,18,19). The van der Waals surface area contributed by atoms with E-state index in [1.807, 2.05) is 24.3 Å². The van der Waals surface area contributed by atoms with E-state index in [0.717, 1.165) is 12.2 Å². The van der Waals surface area contributed by atoms with Crippen molar-refractivity contribution < 1.29 is 0 Å². The van der Waals surface area contributed by atoms with E-state index in [2.05, 4.69) is 22.2 Å². The number of nitrogens with one attached hydrogen (secondary N) is 1. The van der Waals surface area contributed by atoms with Gasteiger partial charge in [0.05, 0.1) is 0 Å². The summed E-state index contributed by atoms with van der Waals surface area (Å²) < 4.78 is 1.34. The molecule has 1 N–H and O–H groups in total. The molecule has 0 aliphatic rings. The van der Waals surface area contributed by atoms with Crippen molar-refractivity contribution in [2.75, 3.05) is 0 Å². The van der Waals surface area contributed by atoms with Crippen molar-refractivity contribution >= 4 is 5.65 Å². The molecule has 3 aromatic rings. The molecular formula is C16H14N4O. The van der Waals surface area contributed by atoms with Crippen molar-refractivity contribution in [3.05, 3.63) is 69.3 Å². The molecule has 3 rings (SSSR count). The van der Waals surface area contributed by atoms with Crippen LogP contribution in [0.3, 0.4) is 0 Å². The zero-order chi connectivity index (χ0) is 14.8.